The third kappa shape index (κ3) is 5.24. The van der Waals surface area contributed by atoms with E-state index in [9.17, 15) is 9.59 Å². The normalized spacial score (nSPS) is 9.00. The molecule has 0 bridgehead atoms. The van der Waals surface area contributed by atoms with Gasteiger partial charge in [0, 0.05) is 6.42 Å². The lowest BCUT2D eigenvalue weighted by molar-refractivity contribution is -0.255. The monoisotopic (exact) mass is 146 g/mol. The fraction of sp³-hybridized carbons (Fsp3) is 0.667. The molecule has 0 radical (unpaired) electrons. The highest BCUT2D eigenvalue weighted by Gasteiger charge is 2.03. The fourth-order valence-electron chi connectivity index (χ4n) is 0.413. The van der Waals surface area contributed by atoms with Gasteiger partial charge < -0.3 is 4.79 Å². The number of carbonyl (C=O) groups is 2. The maximum atomic E-state index is 10.4. The Hall–Kier alpha value is -0.900. The van der Waals surface area contributed by atoms with Crippen LogP contribution in [0.15, 0.2) is 0 Å². The molecule has 0 saturated carbocycles. The molecular weight excluding hydrogens is 136 g/mol. The van der Waals surface area contributed by atoms with Gasteiger partial charge in [-0.3, -0.25) is 4.89 Å². The van der Waals surface area contributed by atoms with Crippen molar-refractivity contribution in [3.8, 4) is 0 Å². The zero-order valence-corrected chi connectivity index (χ0v) is 6.05. The first kappa shape index (κ1) is 9.10. The highest BCUT2D eigenvalue weighted by Crippen LogP contribution is 1.92. The van der Waals surface area contributed by atoms with Crippen molar-refractivity contribution in [2.45, 2.75) is 19.8 Å². The summed E-state index contributed by atoms with van der Waals surface area (Å²) in [7, 11) is 1.24. The molecule has 0 aromatic carbocycles. The zero-order valence-electron chi connectivity index (χ0n) is 6.05. The Balaban J connectivity index is 3.30. The number of hydrogen-bond donors (Lipinski definition) is 0. The van der Waals surface area contributed by atoms with Gasteiger partial charge in [0.15, 0.2) is 0 Å². The van der Waals surface area contributed by atoms with Crippen molar-refractivity contribution >= 4 is 11.8 Å². The molecule has 0 amide bonds. The van der Waals surface area contributed by atoms with Gasteiger partial charge in [0.05, 0.1) is 13.5 Å². The van der Waals surface area contributed by atoms with E-state index in [1.165, 1.54) is 14.0 Å². The van der Waals surface area contributed by atoms with Gasteiger partial charge >= 0.3 is 5.97 Å². The molecule has 0 aliphatic rings. The first-order valence-corrected chi connectivity index (χ1v) is 2.89. The molecule has 0 aliphatic carbocycles. The molecule has 0 saturated heterocycles. The second kappa shape index (κ2) is 4.93. The van der Waals surface area contributed by atoms with E-state index in [0.29, 0.717) is 0 Å². The molecular formula is C6H10O4. The summed E-state index contributed by atoms with van der Waals surface area (Å²) in [6.45, 7) is 1.42. The van der Waals surface area contributed by atoms with Crippen molar-refractivity contribution in [3.05, 3.63) is 0 Å². The van der Waals surface area contributed by atoms with E-state index >= 15 is 0 Å². The van der Waals surface area contributed by atoms with Gasteiger partial charge in [0.2, 0.25) is 0 Å². The van der Waals surface area contributed by atoms with Gasteiger partial charge in [-0.05, 0) is 6.92 Å². The van der Waals surface area contributed by atoms with E-state index in [-0.39, 0.29) is 18.6 Å². The molecule has 0 atom stereocenters. The Kier molecular flexibility index (Phi) is 4.49. The van der Waals surface area contributed by atoms with Gasteiger partial charge in [-0.15, -0.1) is 0 Å². The van der Waals surface area contributed by atoms with Gasteiger partial charge in [0.25, 0.3) is 0 Å². The third-order valence-corrected chi connectivity index (χ3v) is 0.857. The van der Waals surface area contributed by atoms with Crippen molar-refractivity contribution in [2.75, 3.05) is 7.11 Å². The smallest absolute Gasteiger partial charge is 0.300 e. The molecule has 0 aromatic rings. The van der Waals surface area contributed by atoms with Gasteiger partial charge in [-0.1, -0.05) is 0 Å². The van der Waals surface area contributed by atoms with Crippen LogP contribution in [0.5, 0.6) is 0 Å². The molecule has 10 heavy (non-hydrogen) atoms. The minimum Gasteiger partial charge on any atom is -0.300 e. The van der Waals surface area contributed by atoms with E-state index in [2.05, 4.69) is 9.78 Å². The molecule has 4 heteroatoms. The summed E-state index contributed by atoms with van der Waals surface area (Å²) >= 11 is 0. The predicted octanol–water partition coefficient (Wildman–Crippen LogP) is 0.460. The lowest BCUT2D eigenvalue weighted by Crippen LogP contribution is -2.05. The largest absolute Gasteiger partial charge is 0.342 e. The van der Waals surface area contributed by atoms with Crippen molar-refractivity contribution in [2.24, 2.45) is 0 Å². The highest BCUT2D eigenvalue weighted by atomic mass is 17.2. The average molecular weight is 146 g/mol. The Morgan fingerprint density at radius 2 is 1.90 bits per heavy atom. The minimum absolute atomic E-state index is 0.0342. The Morgan fingerprint density at radius 3 is 2.30 bits per heavy atom. The van der Waals surface area contributed by atoms with Crippen molar-refractivity contribution in [1.29, 1.82) is 0 Å². The highest BCUT2D eigenvalue weighted by molar-refractivity contribution is 5.80. The topological polar surface area (TPSA) is 52.6 Å². The molecule has 4 nitrogen and oxygen atoms in total. The van der Waals surface area contributed by atoms with E-state index < -0.39 is 5.97 Å². The number of ketones is 1. The quantitative estimate of drug-likeness (QED) is 0.427. The van der Waals surface area contributed by atoms with E-state index in [0.717, 1.165) is 0 Å². The van der Waals surface area contributed by atoms with Crippen LogP contribution in [-0.4, -0.2) is 18.9 Å². The van der Waals surface area contributed by atoms with Crippen LogP contribution in [0.1, 0.15) is 19.8 Å². The van der Waals surface area contributed by atoms with Gasteiger partial charge in [-0.2, -0.15) is 4.89 Å². The molecule has 58 valence electrons. The Morgan fingerprint density at radius 1 is 1.30 bits per heavy atom. The third-order valence-electron chi connectivity index (χ3n) is 0.857. The summed E-state index contributed by atoms with van der Waals surface area (Å²) in [6, 6.07) is 0. The number of Topliss-reactive ketones (excluding diaryl/α,β-unsaturated/α-hetero) is 1. The second-order valence-electron chi connectivity index (χ2n) is 1.82. The maximum absolute atomic E-state index is 10.4. The molecule has 0 aromatic heterocycles. The van der Waals surface area contributed by atoms with Crippen LogP contribution in [0.4, 0.5) is 0 Å². The maximum Gasteiger partial charge on any atom is 0.342 e. The Labute approximate surface area is 59.0 Å². The number of rotatable bonds is 4. The molecule has 0 N–H and O–H groups in total. The molecule has 0 rings (SSSR count). The van der Waals surface area contributed by atoms with Crippen molar-refractivity contribution in [3.63, 3.8) is 0 Å². The molecule has 0 aliphatic heterocycles. The van der Waals surface area contributed by atoms with Gasteiger partial charge in [0.1, 0.15) is 5.78 Å². The van der Waals surface area contributed by atoms with Crippen LogP contribution >= 0.6 is 0 Å². The summed E-state index contributed by atoms with van der Waals surface area (Å²) in [6.07, 6.45) is 0.297. The van der Waals surface area contributed by atoms with Crippen LogP contribution in [0.2, 0.25) is 0 Å². The Bertz CT molecular complexity index is 130. The van der Waals surface area contributed by atoms with Gasteiger partial charge in [-0.25, -0.2) is 4.79 Å². The van der Waals surface area contributed by atoms with Crippen LogP contribution in [0.25, 0.3) is 0 Å². The zero-order chi connectivity index (χ0) is 7.98. The van der Waals surface area contributed by atoms with Crippen LogP contribution in [-0.2, 0) is 19.4 Å². The number of carbonyl (C=O) groups excluding carboxylic acids is 2. The van der Waals surface area contributed by atoms with E-state index in [4.69, 9.17) is 0 Å². The summed E-state index contributed by atoms with van der Waals surface area (Å²) < 4.78 is 0. The van der Waals surface area contributed by atoms with Crippen molar-refractivity contribution < 1.29 is 19.4 Å². The summed E-state index contributed by atoms with van der Waals surface area (Å²) in [5.74, 6) is -0.550. The first-order valence-electron chi connectivity index (χ1n) is 2.89. The van der Waals surface area contributed by atoms with Crippen LogP contribution in [0, 0.1) is 0 Å². The molecule has 0 spiro atoms. The first-order chi connectivity index (χ1) is 4.66. The molecule has 0 fully saturated rings. The molecule has 0 heterocycles. The van der Waals surface area contributed by atoms with Crippen LogP contribution < -0.4 is 0 Å². The average Bonchev–Trinajstić information content (AvgIpc) is 1.85. The fourth-order valence-corrected chi connectivity index (χ4v) is 0.413. The van der Waals surface area contributed by atoms with Crippen molar-refractivity contribution in [1.82, 2.24) is 0 Å². The molecule has 0 unspecified atom stereocenters. The summed E-state index contributed by atoms with van der Waals surface area (Å²) in [4.78, 5) is 28.9. The summed E-state index contributed by atoms with van der Waals surface area (Å²) in [5.41, 5.74) is 0. The number of hydrogen-bond acceptors (Lipinski definition) is 4. The van der Waals surface area contributed by atoms with Crippen LogP contribution in [0.3, 0.4) is 0 Å². The SMILES string of the molecule is COOC(=O)CCC(C)=O. The summed E-state index contributed by atoms with van der Waals surface area (Å²) in [5, 5.41) is 0. The minimum atomic E-state index is -0.516. The standard InChI is InChI=1S/C6H10O4/c1-5(7)3-4-6(8)10-9-2/h3-4H2,1-2H3. The second-order valence-corrected chi connectivity index (χ2v) is 1.82. The predicted molar refractivity (Wildman–Crippen MR) is 33.0 cm³/mol. The van der Waals surface area contributed by atoms with E-state index in [1.807, 2.05) is 0 Å². The van der Waals surface area contributed by atoms with E-state index in [1.54, 1.807) is 0 Å². The lowest BCUT2D eigenvalue weighted by atomic mass is 10.2. The lowest BCUT2D eigenvalue weighted by Gasteiger charge is -1.95.